The highest BCUT2D eigenvalue weighted by atomic mass is 35.5. The molecule has 1 aromatic carbocycles. The zero-order valence-electron chi connectivity index (χ0n) is 14.0. The van der Waals surface area contributed by atoms with Crippen molar-refractivity contribution in [2.75, 3.05) is 18.4 Å². The first-order valence-electron chi connectivity index (χ1n) is 8.55. The number of aliphatic hydroxyl groups excluding tert-OH is 1. The highest BCUT2D eigenvalue weighted by molar-refractivity contribution is 6.32. The third-order valence-electron chi connectivity index (χ3n) is 4.57. The molecule has 8 nitrogen and oxygen atoms in total. The van der Waals surface area contributed by atoms with Crippen LogP contribution in [-0.4, -0.2) is 49.3 Å². The van der Waals surface area contributed by atoms with E-state index in [1.165, 1.54) is 0 Å². The molecule has 26 heavy (non-hydrogen) atoms. The Morgan fingerprint density at radius 1 is 1.31 bits per heavy atom. The van der Waals surface area contributed by atoms with Gasteiger partial charge in [-0.25, -0.2) is 9.78 Å². The molecule has 1 aliphatic rings. The lowest BCUT2D eigenvalue weighted by Crippen LogP contribution is -2.38. The number of halogens is 1. The number of carbonyl (C=O) groups is 1. The van der Waals surface area contributed by atoms with Crippen LogP contribution in [0.1, 0.15) is 24.8 Å². The molecule has 0 atom stereocenters. The molecule has 136 valence electrons. The molecule has 1 saturated heterocycles. The minimum absolute atomic E-state index is 0.130. The third kappa shape index (κ3) is 3.13. The van der Waals surface area contributed by atoms with Crippen LogP contribution in [0, 0.1) is 0 Å². The van der Waals surface area contributed by atoms with E-state index < -0.39 is 0 Å². The molecule has 4 rings (SSSR count). The number of nitrogens with zero attached hydrogens (tertiary/aromatic N) is 3. The van der Waals surface area contributed by atoms with E-state index in [2.05, 4.69) is 25.5 Å². The maximum atomic E-state index is 12.4. The Hall–Kier alpha value is -2.58. The number of aromatic amines is 2. The van der Waals surface area contributed by atoms with Gasteiger partial charge in [0.1, 0.15) is 0 Å². The third-order valence-corrected chi connectivity index (χ3v) is 4.92. The Bertz CT molecular complexity index is 944. The standard InChI is InChI=1S/C17H19ClN6O2/c18-11-7-13-12(6-10(11)9-25)20-16(21-13)15-14(8-19-23-15)22-17(26)24-4-2-1-3-5-24/h6-8,25H,1-5,9H2,(H,19,23)(H,20,21)(H,22,26). The summed E-state index contributed by atoms with van der Waals surface area (Å²) in [7, 11) is 0. The number of piperidine rings is 1. The second-order valence-corrected chi connectivity index (χ2v) is 6.74. The van der Waals surface area contributed by atoms with Gasteiger partial charge in [0.15, 0.2) is 11.5 Å². The summed E-state index contributed by atoms with van der Waals surface area (Å²) in [5, 5.41) is 19.7. The van der Waals surface area contributed by atoms with Crippen LogP contribution in [0.15, 0.2) is 18.3 Å². The number of likely N-dealkylation sites (tertiary alicyclic amines) is 1. The van der Waals surface area contributed by atoms with Crippen molar-refractivity contribution in [3.8, 4) is 11.5 Å². The number of urea groups is 1. The number of carbonyl (C=O) groups excluding carboxylic acids is 1. The fourth-order valence-electron chi connectivity index (χ4n) is 3.16. The number of H-pyrrole nitrogens is 2. The molecular formula is C17H19ClN6O2. The van der Waals surface area contributed by atoms with Gasteiger partial charge in [-0.05, 0) is 37.0 Å². The lowest BCUT2D eigenvalue weighted by Gasteiger charge is -2.26. The van der Waals surface area contributed by atoms with E-state index in [1.807, 2.05) is 4.90 Å². The fourth-order valence-corrected chi connectivity index (χ4v) is 3.39. The van der Waals surface area contributed by atoms with Crippen molar-refractivity contribution in [2.24, 2.45) is 0 Å². The maximum absolute atomic E-state index is 12.4. The van der Waals surface area contributed by atoms with Crippen LogP contribution in [0.3, 0.4) is 0 Å². The molecule has 1 aliphatic heterocycles. The zero-order chi connectivity index (χ0) is 18.1. The fraction of sp³-hybridized carbons (Fsp3) is 0.353. The number of hydrogen-bond acceptors (Lipinski definition) is 4. The van der Waals surface area contributed by atoms with Gasteiger partial charge in [-0.1, -0.05) is 11.6 Å². The number of hydrogen-bond donors (Lipinski definition) is 4. The maximum Gasteiger partial charge on any atom is 0.321 e. The molecule has 9 heteroatoms. The topological polar surface area (TPSA) is 110 Å². The zero-order valence-corrected chi connectivity index (χ0v) is 14.8. The molecule has 3 heterocycles. The van der Waals surface area contributed by atoms with E-state index in [4.69, 9.17) is 11.6 Å². The number of aromatic nitrogens is 4. The van der Waals surface area contributed by atoms with Crippen LogP contribution in [0.5, 0.6) is 0 Å². The van der Waals surface area contributed by atoms with Crippen molar-refractivity contribution in [3.63, 3.8) is 0 Å². The number of rotatable bonds is 3. The molecule has 0 aliphatic carbocycles. The predicted molar refractivity (Wildman–Crippen MR) is 99.1 cm³/mol. The predicted octanol–water partition coefficient (Wildman–Crippen LogP) is 3.12. The summed E-state index contributed by atoms with van der Waals surface area (Å²) in [6.07, 6.45) is 4.86. The highest BCUT2D eigenvalue weighted by Gasteiger charge is 2.20. The molecular weight excluding hydrogens is 356 g/mol. The second kappa shape index (κ2) is 6.97. The Morgan fingerprint density at radius 2 is 2.12 bits per heavy atom. The van der Waals surface area contributed by atoms with Gasteiger partial charge in [-0.15, -0.1) is 0 Å². The van der Waals surface area contributed by atoms with Crippen molar-refractivity contribution in [1.29, 1.82) is 0 Å². The second-order valence-electron chi connectivity index (χ2n) is 6.33. The minimum Gasteiger partial charge on any atom is -0.392 e. The van der Waals surface area contributed by atoms with E-state index in [1.54, 1.807) is 18.3 Å². The van der Waals surface area contributed by atoms with Crippen molar-refractivity contribution < 1.29 is 9.90 Å². The monoisotopic (exact) mass is 374 g/mol. The summed E-state index contributed by atoms with van der Waals surface area (Å²) in [6.45, 7) is 1.38. The minimum atomic E-state index is -0.156. The number of aliphatic hydroxyl groups is 1. The van der Waals surface area contributed by atoms with Crippen LogP contribution in [-0.2, 0) is 6.61 Å². The first kappa shape index (κ1) is 16.9. The summed E-state index contributed by atoms with van der Waals surface area (Å²) in [4.78, 5) is 21.9. The van der Waals surface area contributed by atoms with E-state index in [9.17, 15) is 9.90 Å². The molecule has 0 spiro atoms. The smallest absolute Gasteiger partial charge is 0.321 e. The summed E-state index contributed by atoms with van der Waals surface area (Å²) in [5.41, 5.74) is 3.10. The van der Waals surface area contributed by atoms with E-state index in [0.717, 1.165) is 37.9 Å². The van der Waals surface area contributed by atoms with Gasteiger partial charge in [0.2, 0.25) is 0 Å². The van der Waals surface area contributed by atoms with E-state index in [0.29, 0.717) is 33.3 Å². The van der Waals surface area contributed by atoms with Crippen molar-refractivity contribution in [3.05, 3.63) is 28.9 Å². The molecule has 2 aromatic heterocycles. The summed E-state index contributed by atoms with van der Waals surface area (Å²) in [5.74, 6) is 0.515. The van der Waals surface area contributed by atoms with Crippen LogP contribution in [0.25, 0.3) is 22.6 Å². The first-order chi connectivity index (χ1) is 12.7. The molecule has 4 N–H and O–H groups in total. The van der Waals surface area contributed by atoms with Crippen molar-refractivity contribution >= 4 is 34.4 Å². The van der Waals surface area contributed by atoms with Gasteiger partial charge in [0.25, 0.3) is 0 Å². The molecule has 0 saturated carbocycles. The van der Waals surface area contributed by atoms with Gasteiger partial charge in [0, 0.05) is 24.3 Å². The van der Waals surface area contributed by atoms with Crippen LogP contribution >= 0.6 is 11.6 Å². The number of nitrogens with one attached hydrogen (secondary N) is 3. The lowest BCUT2D eigenvalue weighted by atomic mass is 10.1. The Balaban J connectivity index is 1.62. The van der Waals surface area contributed by atoms with Gasteiger partial charge >= 0.3 is 6.03 Å². The number of anilines is 1. The number of benzene rings is 1. The largest absolute Gasteiger partial charge is 0.392 e. The number of fused-ring (bicyclic) bond motifs is 1. The summed E-state index contributed by atoms with van der Waals surface area (Å²) >= 11 is 6.13. The van der Waals surface area contributed by atoms with Gasteiger partial charge in [-0.3, -0.25) is 5.10 Å². The van der Waals surface area contributed by atoms with Crippen LogP contribution in [0.4, 0.5) is 10.5 Å². The summed E-state index contributed by atoms with van der Waals surface area (Å²) in [6, 6.07) is 3.32. The Morgan fingerprint density at radius 3 is 2.88 bits per heavy atom. The molecule has 0 unspecified atom stereocenters. The van der Waals surface area contributed by atoms with Crippen LogP contribution < -0.4 is 5.32 Å². The van der Waals surface area contributed by atoms with Crippen LogP contribution in [0.2, 0.25) is 5.02 Å². The van der Waals surface area contributed by atoms with Crippen molar-refractivity contribution in [1.82, 2.24) is 25.1 Å². The van der Waals surface area contributed by atoms with Gasteiger partial charge in [-0.2, -0.15) is 5.10 Å². The highest BCUT2D eigenvalue weighted by Crippen LogP contribution is 2.28. The molecule has 2 amide bonds. The Labute approximate surface area is 154 Å². The molecule has 1 fully saturated rings. The van der Waals surface area contributed by atoms with Gasteiger partial charge < -0.3 is 20.3 Å². The Kier molecular flexibility index (Phi) is 4.52. The average molecular weight is 375 g/mol. The number of amides is 2. The molecule has 0 radical (unpaired) electrons. The molecule has 3 aromatic rings. The quantitative estimate of drug-likeness (QED) is 0.564. The van der Waals surface area contributed by atoms with E-state index in [-0.39, 0.29) is 12.6 Å². The molecule has 0 bridgehead atoms. The summed E-state index contributed by atoms with van der Waals surface area (Å²) < 4.78 is 0. The van der Waals surface area contributed by atoms with E-state index >= 15 is 0 Å². The first-order valence-corrected chi connectivity index (χ1v) is 8.92. The normalized spacial score (nSPS) is 14.8. The average Bonchev–Trinajstić information content (AvgIpc) is 3.27. The lowest BCUT2D eigenvalue weighted by molar-refractivity contribution is 0.200. The number of imidazole rings is 1. The van der Waals surface area contributed by atoms with Crippen molar-refractivity contribution in [2.45, 2.75) is 25.9 Å². The SMILES string of the molecule is O=C(Nc1c[nH]nc1-c1nc2cc(CO)c(Cl)cc2[nH]1)N1CCCCC1. The van der Waals surface area contributed by atoms with Gasteiger partial charge in [0.05, 0.1) is 23.3 Å².